The van der Waals surface area contributed by atoms with Crippen LogP contribution in [0.25, 0.3) is 0 Å². The lowest BCUT2D eigenvalue weighted by Crippen LogP contribution is -2.43. The molecule has 0 amide bonds. The van der Waals surface area contributed by atoms with E-state index in [1.165, 1.54) is 0 Å². The molecule has 0 saturated carbocycles. The lowest BCUT2D eigenvalue weighted by molar-refractivity contribution is 0.273. The average Bonchev–Trinajstić information content (AvgIpc) is 2.38. The fraction of sp³-hybridized carbons (Fsp3) is 1.00. The Labute approximate surface area is 137 Å². The van der Waals surface area contributed by atoms with Crippen molar-refractivity contribution in [3.8, 4) is 0 Å². The number of nitrogens with one attached hydrogen (secondary N) is 1. The smallest absolute Gasteiger partial charge is 0.191 e. The Hall–Kier alpha value is 0.0469. The van der Waals surface area contributed by atoms with E-state index >= 15 is 0 Å². The minimum atomic E-state index is -2.76. The van der Waals surface area contributed by atoms with Gasteiger partial charge >= 0.3 is 0 Å². The molecule has 0 atom stereocenters. The lowest BCUT2D eigenvalue weighted by Gasteiger charge is -2.36. The third kappa shape index (κ3) is 7.08. The molecule has 22 heavy (non-hydrogen) atoms. The van der Waals surface area contributed by atoms with Gasteiger partial charge in [0.05, 0.1) is 11.5 Å². The molecule has 0 spiro atoms. The van der Waals surface area contributed by atoms with Crippen LogP contribution in [-0.4, -0.2) is 72.5 Å². The molecule has 0 aliphatic carbocycles. The Bertz CT molecular complexity index is 419. The second-order valence-corrected chi connectivity index (χ2v) is 14.8. The fourth-order valence-corrected chi connectivity index (χ4v) is 4.44. The van der Waals surface area contributed by atoms with E-state index in [1.807, 2.05) is 0 Å². The van der Waals surface area contributed by atoms with Crippen LogP contribution in [0.4, 0.5) is 0 Å². The highest BCUT2D eigenvalue weighted by Crippen LogP contribution is 2.36. The first-order valence-electron chi connectivity index (χ1n) is 8.31. The van der Waals surface area contributed by atoms with Crippen molar-refractivity contribution in [1.82, 2.24) is 10.2 Å². The molecule has 1 aliphatic heterocycles. The molecule has 1 heterocycles. The molecule has 0 aromatic rings. The molecule has 1 N–H and O–H groups in total. The van der Waals surface area contributed by atoms with Crippen molar-refractivity contribution in [2.24, 2.45) is 0 Å². The maximum absolute atomic E-state index is 11.3. The monoisotopic (exact) mass is 350 g/mol. The van der Waals surface area contributed by atoms with Gasteiger partial charge in [0, 0.05) is 32.8 Å². The van der Waals surface area contributed by atoms with Gasteiger partial charge in [-0.15, -0.1) is 0 Å². The molecule has 0 aromatic carbocycles. The fourth-order valence-electron chi connectivity index (χ4n) is 2.08. The first kappa shape index (κ1) is 20.1. The van der Waals surface area contributed by atoms with Gasteiger partial charge in [0.25, 0.3) is 0 Å². The Kier molecular flexibility index (Phi) is 7.52. The van der Waals surface area contributed by atoms with E-state index in [0.29, 0.717) is 24.6 Å². The Balaban J connectivity index is 2.03. The summed E-state index contributed by atoms with van der Waals surface area (Å²) < 4.78 is 28.8. The van der Waals surface area contributed by atoms with Gasteiger partial charge in [0.2, 0.25) is 0 Å². The summed E-state index contributed by atoms with van der Waals surface area (Å²) in [6.45, 7) is 16.3. The van der Waals surface area contributed by atoms with Crippen molar-refractivity contribution in [1.29, 1.82) is 0 Å². The zero-order valence-corrected chi connectivity index (χ0v) is 16.8. The van der Waals surface area contributed by atoms with Gasteiger partial charge in [0.1, 0.15) is 0 Å². The average molecular weight is 351 g/mol. The van der Waals surface area contributed by atoms with E-state index in [4.69, 9.17) is 4.43 Å². The highest BCUT2D eigenvalue weighted by atomic mass is 32.2. The summed E-state index contributed by atoms with van der Waals surface area (Å²) in [6, 6.07) is 0. The molecular formula is C15H34N2O3SSi. The van der Waals surface area contributed by atoms with Crippen LogP contribution in [0.1, 0.15) is 27.2 Å². The van der Waals surface area contributed by atoms with Crippen LogP contribution >= 0.6 is 0 Å². The minimum Gasteiger partial charge on any atom is -0.417 e. The predicted octanol–water partition coefficient (Wildman–Crippen LogP) is 1.72. The summed E-state index contributed by atoms with van der Waals surface area (Å²) in [7, 11) is -4.37. The van der Waals surface area contributed by atoms with E-state index in [0.717, 1.165) is 32.7 Å². The maximum Gasteiger partial charge on any atom is 0.191 e. The second-order valence-electron chi connectivity index (χ2n) is 7.71. The summed E-state index contributed by atoms with van der Waals surface area (Å²) in [4.78, 5) is 2.22. The highest BCUT2D eigenvalue weighted by Gasteiger charge is 2.36. The quantitative estimate of drug-likeness (QED) is 0.533. The number of nitrogens with zero attached hydrogens (tertiary/aromatic N) is 1. The summed E-state index contributed by atoms with van der Waals surface area (Å²) in [5, 5.41) is 3.70. The zero-order valence-electron chi connectivity index (χ0n) is 14.9. The third-order valence-electron chi connectivity index (χ3n) is 4.81. The van der Waals surface area contributed by atoms with E-state index < -0.39 is 18.2 Å². The second kappa shape index (κ2) is 8.24. The van der Waals surface area contributed by atoms with Crippen LogP contribution in [0.2, 0.25) is 18.1 Å². The van der Waals surface area contributed by atoms with Crippen LogP contribution in [0.5, 0.6) is 0 Å². The maximum atomic E-state index is 11.3. The summed E-state index contributed by atoms with van der Waals surface area (Å²) in [5.41, 5.74) is 0. The largest absolute Gasteiger partial charge is 0.417 e. The van der Waals surface area contributed by atoms with Gasteiger partial charge in [-0.1, -0.05) is 20.8 Å². The van der Waals surface area contributed by atoms with E-state index in [2.05, 4.69) is 44.1 Å². The van der Waals surface area contributed by atoms with Gasteiger partial charge < -0.3 is 14.6 Å². The predicted molar refractivity (Wildman–Crippen MR) is 95.7 cm³/mol. The molecule has 0 aromatic heterocycles. The van der Waals surface area contributed by atoms with Crippen molar-refractivity contribution < 1.29 is 12.8 Å². The molecule has 1 fully saturated rings. The highest BCUT2D eigenvalue weighted by molar-refractivity contribution is 7.91. The van der Waals surface area contributed by atoms with Crippen LogP contribution in [0, 0.1) is 0 Å². The number of sulfone groups is 1. The van der Waals surface area contributed by atoms with Gasteiger partial charge in [-0.05, 0) is 31.1 Å². The van der Waals surface area contributed by atoms with Crippen LogP contribution in [0.3, 0.4) is 0 Å². The molecule has 0 bridgehead atoms. The van der Waals surface area contributed by atoms with Crippen LogP contribution < -0.4 is 5.32 Å². The van der Waals surface area contributed by atoms with Crippen molar-refractivity contribution in [2.45, 2.75) is 45.3 Å². The van der Waals surface area contributed by atoms with Gasteiger partial charge in [-0.2, -0.15) is 0 Å². The summed E-state index contributed by atoms with van der Waals surface area (Å²) in [5.74, 6) is 0.626. The van der Waals surface area contributed by atoms with Crippen molar-refractivity contribution in [3.05, 3.63) is 0 Å². The van der Waals surface area contributed by atoms with E-state index in [-0.39, 0.29) is 5.04 Å². The topological polar surface area (TPSA) is 58.6 Å². The SMILES string of the molecule is CC(C)(C)[Si](C)(C)OCCCNCCN1CCS(=O)(=O)CC1. The van der Waals surface area contributed by atoms with Crippen molar-refractivity contribution >= 4 is 18.2 Å². The van der Waals surface area contributed by atoms with Gasteiger partial charge in [0.15, 0.2) is 18.2 Å². The summed E-state index contributed by atoms with van der Waals surface area (Å²) >= 11 is 0. The number of hydrogen-bond acceptors (Lipinski definition) is 5. The van der Waals surface area contributed by atoms with Crippen molar-refractivity contribution in [2.75, 3.05) is 50.8 Å². The molecule has 0 unspecified atom stereocenters. The van der Waals surface area contributed by atoms with Gasteiger partial charge in [-0.3, -0.25) is 0 Å². The standard InChI is InChI=1S/C15H34N2O3SSi/c1-15(2,3)22(4,5)20-12-6-7-16-8-9-17-10-13-21(18,19)14-11-17/h16H,6-14H2,1-5H3. The first-order valence-corrected chi connectivity index (χ1v) is 13.0. The number of rotatable bonds is 8. The molecule has 1 saturated heterocycles. The normalized spacial score (nSPS) is 20.2. The van der Waals surface area contributed by atoms with Crippen LogP contribution in [0.15, 0.2) is 0 Å². The van der Waals surface area contributed by atoms with Gasteiger partial charge in [-0.25, -0.2) is 8.42 Å². The molecule has 5 nitrogen and oxygen atoms in total. The Morgan fingerprint density at radius 1 is 1.14 bits per heavy atom. The molecule has 1 rings (SSSR count). The van der Waals surface area contributed by atoms with Crippen molar-refractivity contribution in [3.63, 3.8) is 0 Å². The Morgan fingerprint density at radius 2 is 1.73 bits per heavy atom. The molecule has 132 valence electrons. The first-order chi connectivity index (χ1) is 10.0. The Morgan fingerprint density at radius 3 is 2.27 bits per heavy atom. The zero-order chi connectivity index (χ0) is 16.9. The molecule has 7 heteroatoms. The molecule has 0 radical (unpaired) electrons. The van der Waals surface area contributed by atoms with E-state index in [1.54, 1.807) is 0 Å². The summed E-state index contributed by atoms with van der Waals surface area (Å²) in [6.07, 6.45) is 1.03. The lowest BCUT2D eigenvalue weighted by atomic mass is 10.2. The third-order valence-corrected chi connectivity index (χ3v) is 11.0. The van der Waals surface area contributed by atoms with E-state index in [9.17, 15) is 8.42 Å². The minimum absolute atomic E-state index is 0.273. The number of hydrogen-bond donors (Lipinski definition) is 1. The van der Waals surface area contributed by atoms with Crippen LogP contribution in [-0.2, 0) is 14.3 Å². The molecular weight excluding hydrogens is 316 g/mol. The molecule has 1 aliphatic rings.